The SMILES string of the molecule is Cn1c(N)nc(C(C)(C)C)c1Br. The lowest BCUT2D eigenvalue weighted by Gasteiger charge is -2.15. The Labute approximate surface area is 81.1 Å². The van der Waals surface area contributed by atoms with E-state index in [4.69, 9.17) is 5.73 Å². The summed E-state index contributed by atoms with van der Waals surface area (Å²) in [5.74, 6) is 0.548. The van der Waals surface area contributed by atoms with Gasteiger partial charge in [-0.3, -0.25) is 0 Å². The third-order valence-electron chi connectivity index (χ3n) is 1.77. The lowest BCUT2D eigenvalue weighted by molar-refractivity contribution is 0.568. The quantitative estimate of drug-likeness (QED) is 0.744. The minimum atomic E-state index is 0.0359. The van der Waals surface area contributed by atoms with Crippen LogP contribution in [0, 0.1) is 0 Å². The standard InChI is InChI=1S/C8H14BrN3/c1-8(2,3)5-6(9)12(4)7(10)11-5/h1-4H3,(H2,10,11). The molecule has 12 heavy (non-hydrogen) atoms. The van der Waals surface area contributed by atoms with Crippen molar-refractivity contribution in [3.05, 3.63) is 10.3 Å². The average Bonchev–Trinajstić information content (AvgIpc) is 2.15. The maximum absolute atomic E-state index is 5.66. The van der Waals surface area contributed by atoms with Gasteiger partial charge in [0.05, 0.1) is 5.69 Å². The Balaban J connectivity index is 3.28. The Bertz CT molecular complexity index is 296. The minimum absolute atomic E-state index is 0.0359. The van der Waals surface area contributed by atoms with Crippen molar-refractivity contribution in [2.45, 2.75) is 26.2 Å². The first-order valence-corrected chi connectivity index (χ1v) is 4.61. The van der Waals surface area contributed by atoms with E-state index >= 15 is 0 Å². The first-order valence-electron chi connectivity index (χ1n) is 3.82. The van der Waals surface area contributed by atoms with Crippen LogP contribution in [0.15, 0.2) is 4.60 Å². The molecule has 2 N–H and O–H groups in total. The van der Waals surface area contributed by atoms with Gasteiger partial charge in [-0.2, -0.15) is 0 Å². The summed E-state index contributed by atoms with van der Waals surface area (Å²) < 4.78 is 2.80. The molecule has 1 aromatic rings. The van der Waals surface area contributed by atoms with Crippen LogP contribution in [0.2, 0.25) is 0 Å². The molecule has 4 heteroatoms. The third-order valence-corrected chi connectivity index (χ3v) is 2.68. The number of aromatic nitrogens is 2. The Morgan fingerprint density at radius 1 is 1.42 bits per heavy atom. The monoisotopic (exact) mass is 231 g/mol. The molecule has 0 unspecified atom stereocenters. The van der Waals surface area contributed by atoms with Crippen molar-refractivity contribution in [1.29, 1.82) is 0 Å². The molecular formula is C8H14BrN3. The van der Waals surface area contributed by atoms with Gasteiger partial charge in [0.15, 0.2) is 0 Å². The molecule has 0 bridgehead atoms. The molecule has 3 nitrogen and oxygen atoms in total. The van der Waals surface area contributed by atoms with Crippen LogP contribution in [0.3, 0.4) is 0 Å². The number of nitrogens with two attached hydrogens (primary N) is 1. The summed E-state index contributed by atoms with van der Waals surface area (Å²) in [6, 6.07) is 0. The molecule has 0 amide bonds. The van der Waals surface area contributed by atoms with E-state index in [1.807, 2.05) is 11.6 Å². The van der Waals surface area contributed by atoms with E-state index in [0.29, 0.717) is 5.95 Å². The van der Waals surface area contributed by atoms with E-state index in [-0.39, 0.29) is 5.41 Å². The van der Waals surface area contributed by atoms with E-state index in [2.05, 4.69) is 41.7 Å². The first kappa shape index (κ1) is 9.58. The molecule has 0 aliphatic heterocycles. The molecule has 1 rings (SSSR count). The van der Waals surface area contributed by atoms with Gasteiger partial charge in [-0.15, -0.1) is 0 Å². The molecule has 0 spiro atoms. The highest BCUT2D eigenvalue weighted by Crippen LogP contribution is 2.29. The summed E-state index contributed by atoms with van der Waals surface area (Å²) in [4.78, 5) is 4.27. The fraction of sp³-hybridized carbons (Fsp3) is 0.625. The zero-order valence-corrected chi connectivity index (χ0v) is 9.44. The van der Waals surface area contributed by atoms with Gasteiger partial charge in [-0.25, -0.2) is 4.98 Å². The number of rotatable bonds is 0. The van der Waals surface area contributed by atoms with Crippen molar-refractivity contribution in [1.82, 2.24) is 9.55 Å². The van der Waals surface area contributed by atoms with Crippen LogP contribution < -0.4 is 5.73 Å². The van der Waals surface area contributed by atoms with E-state index in [0.717, 1.165) is 10.3 Å². The summed E-state index contributed by atoms with van der Waals surface area (Å²) in [5.41, 5.74) is 6.70. The van der Waals surface area contributed by atoms with Gasteiger partial charge in [0.1, 0.15) is 4.60 Å². The van der Waals surface area contributed by atoms with E-state index in [1.54, 1.807) is 0 Å². The maximum Gasteiger partial charge on any atom is 0.201 e. The van der Waals surface area contributed by atoms with Crippen LogP contribution in [0.25, 0.3) is 0 Å². The first-order chi connectivity index (χ1) is 5.34. The Kier molecular flexibility index (Phi) is 2.21. The summed E-state index contributed by atoms with van der Waals surface area (Å²) in [7, 11) is 1.89. The Morgan fingerprint density at radius 3 is 2.08 bits per heavy atom. The molecule has 0 aliphatic rings. The van der Waals surface area contributed by atoms with Crippen LogP contribution in [-0.2, 0) is 12.5 Å². The van der Waals surface area contributed by atoms with Gasteiger partial charge in [0, 0.05) is 12.5 Å². The minimum Gasteiger partial charge on any atom is -0.369 e. The Hall–Kier alpha value is -0.510. The number of hydrogen-bond acceptors (Lipinski definition) is 2. The molecule has 1 aromatic heterocycles. The molecule has 0 aliphatic carbocycles. The largest absolute Gasteiger partial charge is 0.369 e. The lowest BCUT2D eigenvalue weighted by atomic mass is 9.93. The number of hydrogen-bond donors (Lipinski definition) is 1. The highest BCUT2D eigenvalue weighted by Gasteiger charge is 2.22. The predicted molar refractivity (Wildman–Crippen MR) is 54.0 cm³/mol. The highest BCUT2D eigenvalue weighted by molar-refractivity contribution is 9.10. The number of halogens is 1. The van der Waals surface area contributed by atoms with Gasteiger partial charge in [0.2, 0.25) is 5.95 Å². The fourth-order valence-electron chi connectivity index (χ4n) is 0.972. The van der Waals surface area contributed by atoms with Gasteiger partial charge >= 0.3 is 0 Å². The molecule has 0 aromatic carbocycles. The summed E-state index contributed by atoms with van der Waals surface area (Å²) in [5, 5.41) is 0. The van der Waals surface area contributed by atoms with Crippen LogP contribution in [0.1, 0.15) is 26.5 Å². The number of nitrogens with zero attached hydrogens (tertiary/aromatic N) is 2. The second-order valence-corrected chi connectivity index (χ2v) is 4.67. The summed E-state index contributed by atoms with van der Waals surface area (Å²) >= 11 is 3.46. The zero-order valence-electron chi connectivity index (χ0n) is 7.85. The molecule has 0 saturated carbocycles. The normalized spacial score (nSPS) is 12.1. The van der Waals surface area contributed by atoms with Gasteiger partial charge in [-0.1, -0.05) is 20.8 Å². The van der Waals surface area contributed by atoms with Crippen molar-refractivity contribution in [3.8, 4) is 0 Å². The summed E-state index contributed by atoms with van der Waals surface area (Å²) in [6.45, 7) is 6.33. The number of anilines is 1. The average molecular weight is 232 g/mol. The second-order valence-electron chi connectivity index (χ2n) is 3.92. The van der Waals surface area contributed by atoms with Crippen LogP contribution >= 0.6 is 15.9 Å². The maximum atomic E-state index is 5.66. The molecule has 68 valence electrons. The molecular weight excluding hydrogens is 218 g/mol. The Morgan fingerprint density at radius 2 is 1.92 bits per heavy atom. The van der Waals surface area contributed by atoms with Gasteiger partial charge < -0.3 is 10.3 Å². The molecule has 0 atom stereocenters. The number of nitrogen functional groups attached to an aromatic ring is 1. The second kappa shape index (κ2) is 2.76. The van der Waals surface area contributed by atoms with Crippen LogP contribution in [0.5, 0.6) is 0 Å². The molecule has 0 radical (unpaired) electrons. The van der Waals surface area contributed by atoms with E-state index in [9.17, 15) is 0 Å². The van der Waals surface area contributed by atoms with Crippen molar-refractivity contribution in [2.24, 2.45) is 7.05 Å². The number of imidazole rings is 1. The zero-order chi connectivity index (χ0) is 9.52. The van der Waals surface area contributed by atoms with Crippen LogP contribution in [0.4, 0.5) is 5.95 Å². The van der Waals surface area contributed by atoms with Crippen molar-refractivity contribution in [3.63, 3.8) is 0 Å². The van der Waals surface area contributed by atoms with Crippen molar-refractivity contribution < 1.29 is 0 Å². The van der Waals surface area contributed by atoms with Gasteiger partial charge in [-0.05, 0) is 15.9 Å². The third kappa shape index (κ3) is 1.48. The molecule has 0 saturated heterocycles. The topological polar surface area (TPSA) is 43.8 Å². The van der Waals surface area contributed by atoms with E-state index in [1.165, 1.54) is 0 Å². The lowest BCUT2D eigenvalue weighted by Crippen LogP contribution is -2.12. The molecule has 0 fully saturated rings. The smallest absolute Gasteiger partial charge is 0.201 e. The van der Waals surface area contributed by atoms with Gasteiger partial charge in [0.25, 0.3) is 0 Å². The predicted octanol–water partition coefficient (Wildman–Crippen LogP) is 2.06. The van der Waals surface area contributed by atoms with Crippen LogP contribution in [-0.4, -0.2) is 9.55 Å². The van der Waals surface area contributed by atoms with E-state index < -0.39 is 0 Å². The van der Waals surface area contributed by atoms with Crippen molar-refractivity contribution in [2.75, 3.05) is 5.73 Å². The molecule has 1 heterocycles. The summed E-state index contributed by atoms with van der Waals surface area (Å²) in [6.07, 6.45) is 0. The fourth-order valence-corrected chi connectivity index (χ4v) is 1.84. The van der Waals surface area contributed by atoms with Crippen molar-refractivity contribution >= 4 is 21.9 Å². The highest BCUT2D eigenvalue weighted by atomic mass is 79.9.